The van der Waals surface area contributed by atoms with E-state index in [4.69, 9.17) is 10.5 Å². The number of methoxy groups -OCH3 is 1. The maximum Gasteiger partial charge on any atom is 0.237 e. The van der Waals surface area contributed by atoms with Gasteiger partial charge in [0.2, 0.25) is 5.91 Å². The highest BCUT2D eigenvalue weighted by Crippen LogP contribution is 2.26. The lowest BCUT2D eigenvalue weighted by molar-refractivity contribution is -0.122. The van der Waals surface area contributed by atoms with E-state index in [0.717, 1.165) is 24.4 Å². The number of amides is 1. The van der Waals surface area contributed by atoms with Crippen molar-refractivity contribution >= 4 is 30.7 Å². The maximum atomic E-state index is 12.6. The predicted molar refractivity (Wildman–Crippen MR) is 127 cm³/mol. The molecule has 2 aromatic carbocycles. The van der Waals surface area contributed by atoms with E-state index in [1.807, 2.05) is 42.5 Å². The number of piperidine rings is 1. The Labute approximate surface area is 192 Å². The molecule has 2 unspecified atom stereocenters. The van der Waals surface area contributed by atoms with Gasteiger partial charge in [0.15, 0.2) is 0 Å². The quantitative estimate of drug-likeness (QED) is 0.638. The van der Waals surface area contributed by atoms with Crippen molar-refractivity contribution < 1.29 is 9.53 Å². The Morgan fingerprint density at radius 2 is 1.67 bits per heavy atom. The zero-order valence-corrected chi connectivity index (χ0v) is 19.1. The Morgan fingerprint density at radius 3 is 2.27 bits per heavy atom. The van der Waals surface area contributed by atoms with Crippen molar-refractivity contribution in [1.82, 2.24) is 10.2 Å². The van der Waals surface area contributed by atoms with Gasteiger partial charge in [-0.25, -0.2) is 0 Å². The summed E-state index contributed by atoms with van der Waals surface area (Å²) in [6.45, 7) is 2.68. The summed E-state index contributed by atoms with van der Waals surface area (Å²) in [7, 11) is 1.67. The summed E-state index contributed by atoms with van der Waals surface area (Å²) in [6, 6.07) is 17.7. The number of carbonyl (C=O) groups excluding carboxylic acids is 1. The van der Waals surface area contributed by atoms with Crippen LogP contribution in [-0.2, 0) is 11.2 Å². The van der Waals surface area contributed by atoms with E-state index in [1.54, 1.807) is 7.11 Å². The lowest BCUT2D eigenvalue weighted by Gasteiger charge is -2.35. The second-order valence-corrected chi connectivity index (χ2v) is 7.43. The van der Waals surface area contributed by atoms with E-state index < -0.39 is 6.04 Å². The van der Waals surface area contributed by atoms with Gasteiger partial charge >= 0.3 is 0 Å². The molecule has 1 amide bonds. The highest BCUT2D eigenvalue weighted by molar-refractivity contribution is 5.85. The first-order valence-corrected chi connectivity index (χ1v) is 10.1. The molecule has 0 radical (unpaired) electrons. The fraction of sp³-hybridized carbons (Fsp3) is 0.435. The third-order valence-corrected chi connectivity index (χ3v) is 5.44. The Balaban J connectivity index is 0.00000225. The molecule has 1 saturated heterocycles. The third-order valence-electron chi connectivity index (χ3n) is 5.44. The summed E-state index contributed by atoms with van der Waals surface area (Å²) >= 11 is 0. The number of benzene rings is 2. The average molecular weight is 454 g/mol. The minimum absolute atomic E-state index is 0. The van der Waals surface area contributed by atoms with Crippen molar-refractivity contribution in [2.45, 2.75) is 37.8 Å². The maximum absolute atomic E-state index is 12.6. The molecule has 3 rings (SSSR count). The number of rotatable bonds is 8. The topological polar surface area (TPSA) is 67.6 Å². The number of carbonyl (C=O) groups is 1. The Morgan fingerprint density at radius 1 is 1.03 bits per heavy atom. The van der Waals surface area contributed by atoms with Crippen LogP contribution in [0.5, 0.6) is 5.75 Å². The van der Waals surface area contributed by atoms with Gasteiger partial charge in [0.05, 0.1) is 19.2 Å². The third kappa shape index (κ3) is 7.47. The van der Waals surface area contributed by atoms with Crippen molar-refractivity contribution in [3.63, 3.8) is 0 Å². The first-order valence-electron chi connectivity index (χ1n) is 10.1. The molecule has 1 aliphatic heterocycles. The van der Waals surface area contributed by atoms with E-state index in [0.29, 0.717) is 13.0 Å². The van der Waals surface area contributed by atoms with Gasteiger partial charge in [-0.2, -0.15) is 0 Å². The molecular weight excluding hydrogens is 421 g/mol. The number of ether oxygens (including phenoxy) is 1. The van der Waals surface area contributed by atoms with Crippen molar-refractivity contribution in [1.29, 1.82) is 0 Å². The zero-order chi connectivity index (χ0) is 19.8. The smallest absolute Gasteiger partial charge is 0.237 e. The van der Waals surface area contributed by atoms with Crippen molar-refractivity contribution in [3.05, 3.63) is 65.7 Å². The fourth-order valence-corrected chi connectivity index (χ4v) is 3.80. The molecule has 5 nitrogen and oxygen atoms in total. The lowest BCUT2D eigenvalue weighted by Crippen LogP contribution is -2.46. The molecule has 7 heteroatoms. The summed E-state index contributed by atoms with van der Waals surface area (Å²) in [5, 5.41) is 3.09. The standard InChI is InChI=1S/C23H31N3O2.2ClH/c1-28-20-12-10-19(11-13-20)22(26-14-6-3-7-15-26)17-25-23(27)21(24)16-18-8-4-2-5-9-18;;/h2,4-5,8-13,21-22H,3,6-7,14-17,24H2,1H3,(H,25,27);2*1H. The molecule has 0 spiro atoms. The Kier molecular flexibility index (Phi) is 11.8. The van der Waals surface area contributed by atoms with Crippen LogP contribution >= 0.6 is 24.8 Å². The number of halogens is 2. The van der Waals surface area contributed by atoms with E-state index in [1.165, 1.54) is 24.8 Å². The highest BCUT2D eigenvalue weighted by Gasteiger charge is 2.24. The van der Waals surface area contributed by atoms with Gasteiger partial charge in [0.1, 0.15) is 5.75 Å². The molecule has 1 aliphatic rings. The van der Waals surface area contributed by atoms with E-state index in [2.05, 4.69) is 22.3 Å². The van der Waals surface area contributed by atoms with Crippen LogP contribution in [0.25, 0.3) is 0 Å². The molecule has 0 aromatic heterocycles. The van der Waals surface area contributed by atoms with Crippen LogP contribution < -0.4 is 15.8 Å². The zero-order valence-electron chi connectivity index (χ0n) is 17.5. The number of nitrogens with one attached hydrogen (secondary N) is 1. The van der Waals surface area contributed by atoms with Crippen molar-refractivity contribution in [2.75, 3.05) is 26.7 Å². The summed E-state index contributed by atoms with van der Waals surface area (Å²) < 4.78 is 5.28. The number of nitrogens with two attached hydrogens (primary N) is 1. The van der Waals surface area contributed by atoms with Crippen LogP contribution in [-0.4, -0.2) is 43.6 Å². The van der Waals surface area contributed by atoms with Crippen LogP contribution in [0.15, 0.2) is 54.6 Å². The molecular formula is C23H33Cl2N3O2. The van der Waals surface area contributed by atoms with E-state index in [-0.39, 0.29) is 36.8 Å². The van der Waals surface area contributed by atoms with Gasteiger partial charge < -0.3 is 15.8 Å². The van der Waals surface area contributed by atoms with E-state index >= 15 is 0 Å². The monoisotopic (exact) mass is 453 g/mol. The fourth-order valence-electron chi connectivity index (χ4n) is 3.80. The molecule has 30 heavy (non-hydrogen) atoms. The predicted octanol–water partition coefficient (Wildman–Crippen LogP) is 3.75. The minimum Gasteiger partial charge on any atom is -0.497 e. The van der Waals surface area contributed by atoms with Crippen LogP contribution in [0.2, 0.25) is 0 Å². The summed E-state index contributed by atoms with van der Waals surface area (Å²) in [5.74, 6) is 0.745. The van der Waals surface area contributed by atoms with Crippen LogP contribution in [0.4, 0.5) is 0 Å². The van der Waals surface area contributed by atoms with Gasteiger partial charge in [-0.3, -0.25) is 9.69 Å². The summed E-state index contributed by atoms with van der Waals surface area (Å²) in [6.07, 6.45) is 4.23. The van der Waals surface area contributed by atoms with Gasteiger partial charge in [0, 0.05) is 6.54 Å². The normalized spacial score (nSPS) is 15.8. The van der Waals surface area contributed by atoms with Gasteiger partial charge in [-0.1, -0.05) is 48.9 Å². The average Bonchev–Trinajstić information content (AvgIpc) is 2.75. The van der Waals surface area contributed by atoms with Crippen LogP contribution in [0.3, 0.4) is 0 Å². The second kappa shape index (κ2) is 13.5. The van der Waals surface area contributed by atoms with Gasteiger partial charge in [0.25, 0.3) is 0 Å². The molecule has 2 atom stereocenters. The van der Waals surface area contributed by atoms with Gasteiger partial charge in [-0.05, 0) is 55.6 Å². The van der Waals surface area contributed by atoms with E-state index in [9.17, 15) is 4.79 Å². The molecule has 0 aliphatic carbocycles. The Bertz CT molecular complexity index is 738. The SMILES string of the molecule is COc1ccc(C(CNC(=O)C(N)Cc2ccccc2)N2CCCCC2)cc1.Cl.Cl. The van der Waals surface area contributed by atoms with Gasteiger partial charge in [-0.15, -0.1) is 24.8 Å². The minimum atomic E-state index is -0.541. The molecule has 0 bridgehead atoms. The number of hydrogen-bond donors (Lipinski definition) is 2. The Hall–Kier alpha value is -1.79. The number of nitrogens with zero attached hydrogens (tertiary/aromatic N) is 1. The van der Waals surface area contributed by atoms with Crippen molar-refractivity contribution in [3.8, 4) is 5.75 Å². The summed E-state index contributed by atoms with van der Waals surface area (Å²) in [4.78, 5) is 15.1. The first-order chi connectivity index (χ1) is 13.7. The second-order valence-electron chi connectivity index (χ2n) is 7.43. The van der Waals surface area contributed by atoms with Crippen molar-refractivity contribution in [2.24, 2.45) is 5.73 Å². The molecule has 3 N–H and O–H groups in total. The summed E-state index contributed by atoms with van der Waals surface area (Å²) in [5.41, 5.74) is 8.42. The highest BCUT2D eigenvalue weighted by atomic mass is 35.5. The first kappa shape index (κ1) is 26.2. The largest absolute Gasteiger partial charge is 0.497 e. The molecule has 0 saturated carbocycles. The molecule has 2 aromatic rings. The molecule has 166 valence electrons. The van der Waals surface area contributed by atoms with Crippen LogP contribution in [0, 0.1) is 0 Å². The number of likely N-dealkylation sites (tertiary alicyclic amines) is 1. The molecule has 1 fully saturated rings. The lowest BCUT2D eigenvalue weighted by atomic mass is 10.0. The van der Waals surface area contributed by atoms with Crippen LogP contribution in [0.1, 0.15) is 36.4 Å². The molecule has 1 heterocycles. The number of hydrogen-bond acceptors (Lipinski definition) is 4.